The van der Waals surface area contributed by atoms with E-state index >= 15 is 0 Å². The first-order chi connectivity index (χ1) is 11.3. The average Bonchev–Trinajstić information content (AvgIpc) is 3.06. The first-order valence-electron chi connectivity index (χ1n) is 8.25. The van der Waals surface area contributed by atoms with Crippen LogP contribution in [0, 0.1) is 0 Å². The summed E-state index contributed by atoms with van der Waals surface area (Å²) in [5.74, 6) is 0.872. The van der Waals surface area contributed by atoms with Gasteiger partial charge >= 0.3 is 6.01 Å². The Morgan fingerprint density at radius 2 is 1.92 bits per heavy atom. The highest BCUT2D eigenvalue weighted by atomic mass is 35.5. The topological polar surface area (TPSA) is 90.8 Å². The van der Waals surface area contributed by atoms with E-state index in [9.17, 15) is 0 Å². The lowest BCUT2D eigenvalue weighted by atomic mass is 9.94. The van der Waals surface area contributed by atoms with Crippen LogP contribution in [0.3, 0.4) is 0 Å². The fourth-order valence-electron chi connectivity index (χ4n) is 3.18. The van der Waals surface area contributed by atoms with Crippen molar-refractivity contribution in [2.75, 3.05) is 31.2 Å². The minimum absolute atomic E-state index is 0. The van der Waals surface area contributed by atoms with Crippen LogP contribution >= 0.6 is 12.4 Å². The first kappa shape index (κ1) is 17.2. The Bertz CT molecular complexity index is 667. The van der Waals surface area contributed by atoms with Crippen molar-refractivity contribution in [3.05, 3.63) is 12.4 Å². The summed E-state index contributed by atoms with van der Waals surface area (Å²) in [5.41, 5.74) is 6.72. The molecule has 8 nitrogen and oxygen atoms in total. The molecule has 3 heterocycles. The van der Waals surface area contributed by atoms with Gasteiger partial charge in [0.1, 0.15) is 18.2 Å². The number of morpholine rings is 1. The monoisotopic (exact) mass is 354 g/mol. The molecule has 2 N–H and O–H groups in total. The number of rotatable bonds is 3. The van der Waals surface area contributed by atoms with E-state index in [0.29, 0.717) is 12.1 Å². The predicted molar refractivity (Wildman–Crippen MR) is 91.9 cm³/mol. The molecule has 0 radical (unpaired) electrons. The van der Waals surface area contributed by atoms with Crippen LogP contribution < -0.4 is 15.4 Å². The summed E-state index contributed by atoms with van der Waals surface area (Å²) >= 11 is 0. The number of anilines is 1. The lowest BCUT2D eigenvalue weighted by Crippen LogP contribution is -2.37. The van der Waals surface area contributed by atoms with Crippen molar-refractivity contribution in [2.45, 2.75) is 37.8 Å². The van der Waals surface area contributed by atoms with Gasteiger partial charge in [-0.25, -0.2) is 4.98 Å². The highest BCUT2D eigenvalue weighted by molar-refractivity contribution is 5.85. The van der Waals surface area contributed by atoms with Crippen molar-refractivity contribution in [1.29, 1.82) is 0 Å². The number of aromatic nitrogens is 4. The van der Waals surface area contributed by atoms with Crippen molar-refractivity contribution < 1.29 is 9.47 Å². The van der Waals surface area contributed by atoms with Crippen molar-refractivity contribution >= 4 is 23.9 Å². The van der Waals surface area contributed by atoms with Crippen molar-refractivity contribution in [3.8, 4) is 6.01 Å². The third kappa shape index (κ3) is 3.55. The number of hydrogen-bond donors (Lipinski definition) is 1. The van der Waals surface area contributed by atoms with Gasteiger partial charge in [-0.05, 0) is 25.7 Å². The van der Waals surface area contributed by atoms with Crippen LogP contribution in [-0.2, 0) is 4.74 Å². The third-order valence-electron chi connectivity index (χ3n) is 4.55. The van der Waals surface area contributed by atoms with Gasteiger partial charge in [0.05, 0.1) is 13.2 Å². The van der Waals surface area contributed by atoms with Crippen LogP contribution in [0.5, 0.6) is 6.01 Å². The lowest BCUT2D eigenvalue weighted by Gasteiger charge is -2.29. The van der Waals surface area contributed by atoms with Crippen LogP contribution in [-0.4, -0.2) is 58.0 Å². The Balaban J connectivity index is 0.00000169. The molecule has 4 rings (SSSR count). The predicted octanol–water partition coefficient (Wildman–Crippen LogP) is 1.03. The minimum atomic E-state index is 0. The molecule has 2 aromatic heterocycles. The average molecular weight is 355 g/mol. The maximum absolute atomic E-state index is 6.14. The molecule has 1 aliphatic carbocycles. The molecule has 24 heavy (non-hydrogen) atoms. The van der Waals surface area contributed by atoms with E-state index in [0.717, 1.165) is 63.5 Å². The van der Waals surface area contributed by atoms with Crippen LogP contribution in [0.4, 0.5) is 5.82 Å². The smallest absolute Gasteiger partial charge is 0.321 e. The molecular weight excluding hydrogens is 332 g/mol. The summed E-state index contributed by atoms with van der Waals surface area (Å²) in [6.07, 6.45) is 5.59. The molecule has 0 unspecified atom stereocenters. The fraction of sp³-hybridized carbons (Fsp3) is 0.667. The highest BCUT2D eigenvalue weighted by Crippen LogP contribution is 2.25. The molecule has 9 heteroatoms. The van der Waals surface area contributed by atoms with E-state index in [1.54, 1.807) is 4.52 Å². The van der Waals surface area contributed by atoms with Crippen LogP contribution in [0.2, 0.25) is 0 Å². The molecule has 2 fully saturated rings. The van der Waals surface area contributed by atoms with Crippen LogP contribution in [0.15, 0.2) is 12.4 Å². The summed E-state index contributed by atoms with van der Waals surface area (Å²) in [7, 11) is 0. The number of nitrogens with two attached hydrogens (primary N) is 1. The van der Waals surface area contributed by atoms with Crippen molar-refractivity contribution in [3.63, 3.8) is 0 Å². The number of halogens is 1. The van der Waals surface area contributed by atoms with Gasteiger partial charge in [0.25, 0.3) is 0 Å². The van der Waals surface area contributed by atoms with Crippen molar-refractivity contribution in [2.24, 2.45) is 5.73 Å². The SMILES string of the molecule is Cl.NC1CCC(Oc2nc(N3CCOCC3)cc3ncnn23)CC1. The molecule has 132 valence electrons. The maximum Gasteiger partial charge on any atom is 0.321 e. The van der Waals surface area contributed by atoms with E-state index in [2.05, 4.69) is 20.0 Å². The Hall–Kier alpha value is -1.64. The summed E-state index contributed by atoms with van der Waals surface area (Å²) in [5, 5.41) is 4.24. The van der Waals surface area contributed by atoms with E-state index < -0.39 is 0 Å². The molecule has 0 aromatic carbocycles. The largest absolute Gasteiger partial charge is 0.460 e. The molecule has 0 atom stereocenters. The summed E-state index contributed by atoms with van der Waals surface area (Å²) < 4.78 is 13.2. The van der Waals surface area contributed by atoms with Gasteiger partial charge in [0.15, 0.2) is 5.65 Å². The number of nitrogens with zero attached hydrogens (tertiary/aromatic N) is 5. The molecule has 2 aromatic rings. The molecule has 2 aliphatic rings. The fourth-order valence-corrected chi connectivity index (χ4v) is 3.18. The standard InChI is InChI=1S/C15H22N6O2.ClH/c16-11-1-3-12(4-2-11)23-15-19-14(20-5-7-22-8-6-20)9-13-17-10-18-21(13)15;/h9-12H,1-8,16H2;1H. The number of hydrogen-bond acceptors (Lipinski definition) is 7. The quantitative estimate of drug-likeness (QED) is 0.880. The summed E-state index contributed by atoms with van der Waals surface area (Å²) in [6, 6.07) is 2.76. The number of ether oxygens (including phenoxy) is 2. The zero-order chi connectivity index (χ0) is 15.6. The van der Waals surface area contributed by atoms with E-state index in [1.807, 2.05) is 6.07 Å². The second-order valence-corrected chi connectivity index (χ2v) is 6.18. The van der Waals surface area contributed by atoms with Crippen molar-refractivity contribution in [1.82, 2.24) is 19.6 Å². The van der Waals surface area contributed by atoms with E-state index in [-0.39, 0.29) is 18.5 Å². The normalized spacial score (nSPS) is 24.6. The second kappa shape index (κ2) is 7.50. The second-order valence-electron chi connectivity index (χ2n) is 6.18. The van der Waals surface area contributed by atoms with Crippen LogP contribution in [0.25, 0.3) is 5.65 Å². The zero-order valence-electron chi connectivity index (χ0n) is 13.5. The molecule has 1 saturated carbocycles. The molecule has 0 amide bonds. The molecular formula is C15H23ClN6O2. The number of fused-ring (bicyclic) bond motifs is 1. The van der Waals surface area contributed by atoms with Gasteiger partial charge in [-0.3, -0.25) is 0 Å². The summed E-state index contributed by atoms with van der Waals surface area (Å²) in [4.78, 5) is 11.2. The third-order valence-corrected chi connectivity index (χ3v) is 4.55. The molecule has 1 aliphatic heterocycles. The zero-order valence-corrected chi connectivity index (χ0v) is 14.3. The Kier molecular flexibility index (Phi) is 5.37. The van der Waals surface area contributed by atoms with E-state index in [4.69, 9.17) is 15.2 Å². The maximum atomic E-state index is 6.14. The minimum Gasteiger partial charge on any atom is -0.460 e. The van der Waals surface area contributed by atoms with Gasteiger partial charge in [0, 0.05) is 25.2 Å². The molecule has 1 saturated heterocycles. The van der Waals surface area contributed by atoms with Crippen LogP contribution in [0.1, 0.15) is 25.7 Å². The van der Waals surface area contributed by atoms with Gasteiger partial charge in [-0.1, -0.05) is 0 Å². The first-order valence-corrected chi connectivity index (χ1v) is 8.25. The Labute approximate surface area is 146 Å². The molecule has 0 spiro atoms. The van der Waals surface area contributed by atoms with Gasteiger partial charge in [-0.2, -0.15) is 14.6 Å². The Morgan fingerprint density at radius 1 is 1.17 bits per heavy atom. The Morgan fingerprint density at radius 3 is 2.67 bits per heavy atom. The lowest BCUT2D eigenvalue weighted by molar-refractivity contribution is 0.121. The van der Waals surface area contributed by atoms with Gasteiger partial charge in [-0.15, -0.1) is 12.4 Å². The van der Waals surface area contributed by atoms with Gasteiger partial charge in [0.2, 0.25) is 0 Å². The summed E-state index contributed by atoms with van der Waals surface area (Å²) in [6.45, 7) is 3.09. The molecule has 0 bridgehead atoms. The van der Waals surface area contributed by atoms with Gasteiger partial charge < -0.3 is 20.1 Å². The van der Waals surface area contributed by atoms with E-state index in [1.165, 1.54) is 6.33 Å². The highest BCUT2D eigenvalue weighted by Gasteiger charge is 2.23.